The fourth-order valence-corrected chi connectivity index (χ4v) is 7.26. The second-order valence-corrected chi connectivity index (χ2v) is 17.0. The third-order valence-corrected chi connectivity index (χ3v) is 11.1. The van der Waals surface area contributed by atoms with Gasteiger partial charge in [0.1, 0.15) is 6.10 Å². The number of aliphatic hydroxyl groups excluding tert-OH is 2. The second-order valence-electron chi connectivity index (χ2n) is 17.0. The summed E-state index contributed by atoms with van der Waals surface area (Å²) >= 11 is 0. The minimum absolute atomic E-state index is 0.0389. The van der Waals surface area contributed by atoms with Gasteiger partial charge in [-0.05, 0) is 70.6 Å². The molecule has 1 amide bonds. The fourth-order valence-electron chi connectivity index (χ4n) is 7.26. The lowest BCUT2D eigenvalue weighted by Crippen LogP contribution is -2.46. The number of hydrogen-bond acceptors (Lipinski definition) is 5. The van der Waals surface area contributed by atoms with E-state index >= 15 is 0 Å². The fraction of sp³-hybridized carbons (Fsp3) is 0.709. The van der Waals surface area contributed by atoms with E-state index in [0.717, 1.165) is 96.3 Å². The third kappa shape index (κ3) is 43.5. The molecule has 6 heteroatoms. The zero-order valence-electron chi connectivity index (χ0n) is 39.8. The van der Waals surface area contributed by atoms with Crippen LogP contribution in [0, 0.1) is 0 Å². The van der Waals surface area contributed by atoms with E-state index in [4.69, 9.17) is 4.74 Å². The molecule has 0 aliphatic carbocycles. The number of hydrogen-bond donors (Lipinski definition) is 3. The monoisotopic (exact) mass is 850 g/mol. The Balaban J connectivity index is 4.68. The van der Waals surface area contributed by atoms with Crippen LogP contribution in [0.15, 0.2) is 85.1 Å². The summed E-state index contributed by atoms with van der Waals surface area (Å²) in [4.78, 5) is 26.1. The van der Waals surface area contributed by atoms with Crippen LogP contribution in [0.1, 0.15) is 226 Å². The molecule has 3 atom stereocenters. The number of rotatable bonds is 44. The normalized spacial score (nSPS) is 14.0. The number of aliphatic hydroxyl groups is 2. The highest BCUT2D eigenvalue weighted by molar-refractivity contribution is 5.77. The van der Waals surface area contributed by atoms with Gasteiger partial charge in [-0.25, -0.2) is 0 Å². The van der Waals surface area contributed by atoms with E-state index in [2.05, 4.69) is 86.8 Å². The van der Waals surface area contributed by atoms with Crippen LogP contribution in [-0.4, -0.2) is 46.9 Å². The summed E-state index contributed by atoms with van der Waals surface area (Å²) in [5.74, 6) is -0.541. The van der Waals surface area contributed by atoms with Crippen molar-refractivity contribution in [3.05, 3.63) is 85.1 Å². The number of unbranched alkanes of at least 4 members (excludes halogenated alkanes) is 23. The highest BCUT2D eigenvalue weighted by atomic mass is 16.5. The Labute approximate surface area is 376 Å². The van der Waals surface area contributed by atoms with Crippen LogP contribution < -0.4 is 5.32 Å². The molecule has 0 fully saturated rings. The molecule has 0 bridgehead atoms. The topological polar surface area (TPSA) is 95.9 Å². The molecule has 0 saturated carbocycles. The van der Waals surface area contributed by atoms with Gasteiger partial charge in [0.05, 0.1) is 25.2 Å². The van der Waals surface area contributed by atoms with E-state index in [0.29, 0.717) is 19.3 Å². The minimum atomic E-state index is -0.805. The highest BCUT2D eigenvalue weighted by Gasteiger charge is 2.24. The van der Waals surface area contributed by atoms with Crippen LogP contribution in [0.5, 0.6) is 0 Å². The lowest BCUT2D eigenvalue weighted by Gasteiger charge is -2.24. The molecule has 0 aromatic carbocycles. The minimum Gasteiger partial charge on any atom is -0.462 e. The predicted octanol–water partition coefficient (Wildman–Crippen LogP) is 15.2. The smallest absolute Gasteiger partial charge is 0.306 e. The van der Waals surface area contributed by atoms with Gasteiger partial charge in [-0.15, -0.1) is 0 Å². The van der Waals surface area contributed by atoms with Crippen molar-refractivity contribution in [1.82, 2.24) is 5.32 Å². The first-order valence-electron chi connectivity index (χ1n) is 25.4. The lowest BCUT2D eigenvalue weighted by molar-refractivity contribution is -0.151. The van der Waals surface area contributed by atoms with Gasteiger partial charge in [0.15, 0.2) is 0 Å². The number of ether oxygens (including phenoxy) is 1. The molecular weight excluding hydrogens is 755 g/mol. The summed E-state index contributed by atoms with van der Waals surface area (Å²) in [7, 11) is 0. The van der Waals surface area contributed by atoms with Crippen molar-refractivity contribution in [1.29, 1.82) is 0 Å². The first-order chi connectivity index (χ1) is 30.0. The SMILES string of the molecule is CC/C=C/C=C/C=C/C=C\CCCCCC(CC(=O)NC(CO)C(O)CCCCCCCCCCCCC)OC(=O)CCCCCCC/C=C/C=C/C=C/CCCCCCC. The largest absolute Gasteiger partial charge is 0.462 e. The van der Waals surface area contributed by atoms with Crippen LogP contribution in [0.2, 0.25) is 0 Å². The van der Waals surface area contributed by atoms with Crippen LogP contribution >= 0.6 is 0 Å². The maximum atomic E-state index is 13.2. The van der Waals surface area contributed by atoms with Crippen molar-refractivity contribution in [3.63, 3.8) is 0 Å². The van der Waals surface area contributed by atoms with Crippen LogP contribution in [0.4, 0.5) is 0 Å². The Morgan fingerprint density at radius 3 is 1.36 bits per heavy atom. The van der Waals surface area contributed by atoms with Crippen molar-refractivity contribution in [2.45, 2.75) is 244 Å². The Kier molecular flexibility index (Phi) is 45.7. The van der Waals surface area contributed by atoms with Crippen molar-refractivity contribution in [2.75, 3.05) is 6.61 Å². The first kappa shape index (κ1) is 58.0. The summed E-state index contributed by atoms with van der Waals surface area (Å²) in [5, 5.41) is 23.7. The molecule has 350 valence electrons. The molecule has 0 radical (unpaired) electrons. The first-order valence-corrected chi connectivity index (χ1v) is 25.4. The number of carbonyl (C=O) groups is 2. The van der Waals surface area contributed by atoms with E-state index in [-0.39, 0.29) is 24.9 Å². The summed E-state index contributed by atoms with van der Waals surface area (Å²) in [6, 6.07) is -0.722. The van der Waals surface area contributed by atoms with Crippen LogP contribution in [0.3, 0.4) is 0 Å². The zero-order chi connectivity index (χ0) is 44.5. The van der Waals surface area contributed by atoms with Gasteiger partial charge >= 0.3 is 5.97 Å². The summed E-state index contributed by atoms with van der Waals surface area (Å²) in [5.41, 5.74) is 0. The molecule has 6 nitrogen and oxygen atoms in total. The van der Waals surface area contributed by atoms with Gasteiger partial charge in [-0.2, -0.15) is 0 Å². The average molecular weight is 850 g/mol. The highest BCUT2D eigenvalue weighted by Crippen LogP contribution is 2.17. The molecule has 3 N–H and O–H groups in total. The third-order valence-electron chi connectivity index (χ3n) is 11.1. The maximum Gasteiger partial charge on any atom is 0.306 e. The Hall–Kier alpha value is -2.96. The lowest BCUT2D eigenvalue weighted by atomic mass is 10.0. The molecule has 0 heterocycles. The van der Waals surface area contributed by atoms with Gasteiger partial charge in [0, 0.05) is 6.42 Å². The van der Waals surface area contributed by atoms with E-state index in [1.807, 2.05) is 24.3 Å². The van der Waals surface area contributed by atoms with Crippen LogP contribution in [-0.2, 0) is 14.3 Å². The Bertz CT molecular complexity index is 1180. The van der Waals surface area contributed by atoms with Crippen LogP contribution in [0.25, 0.3) is 0 Å². The molecule has 0 spiro atoms. The number of esters is 1. The summed E-state index contributed by atoms with van der Waals surface area (Å²) in [6.07, 6.45) is 62.1. The second kappa shape index (κ2) is 48.1. The van der Waals surface area contributed by atoms with Crippen molar-refractivity contribution < 1.29 is 24.5 Å². The van der Waals surface area contributed by atoms with Gasteiger partial charge in [0.25, 0.3) is 0 Å². The van der Waals surface area contributed by atoms with Crippen molar-refractivity contribution in [3.8, 4) is 0 Å². The van der Waals surface area contributed by atoms with Gasteiger partial charge in [-0.1, -0.05) is 228 Å². The van der Waals surface area contributed by atoms with Gasteiger partial charge in [0.2, 0.25) is 5.91 Å². The molecule has 3 unspecified atom stereocenters. The molecule has 0 rings (SSSR count). The number of allylic oxidation sites excluding steroid dienone is 14. The standard InChI is InChI=1S/C55H95NO5/c1-4-7-10-13-16-19-22-24-25-26-27-28-30-33-36-39-42-45-48-55(60)61-51(46-43-40-37-34-32-29-23-20-17-14-11-8-5-2)49-54(59)56-52(50-57)53(58)47-44-41-38-35-31-21-18-15-12-9-6-3/h8,11,14,17,20,22-29,32,51-53,57-58H,4-7,9-10,12-13,15-16,18-19,21,30-31,33-50H2,1-3H3,(H,56,59)/b11-8+,17-14+,23-20+,24-22+,26-25+,28-27+,32-29-. The summed E-state index contributed by atoms with van der Waals surface area (Å²) < 4.78 is 5.90. The van der Waals surface area contributed by atoms with E-state index in [1.165, 1.54) is 83.5 Å². The van der Waals surface area contributed by atoms with E-state index in [9.17, 15) is 19.8 Å². The molecule has 61 heavy (non-hydrogen) atoms. The average Bonchev–Trinajstić information content (AvgIpc) is 3.25. The van der Waals surface area contributed by atoms with Gasteiger partial charge < -0.3 is 20.3 Å². The van der Waals surface area contributed by atoms with E-state index < -0.39 is 18.2 Å². The summed E-state index contributed by atoms with van der Waals surface area (Å²) in [6.45, 7) is 6.30. The molecular formula is C55H95NO5. The zero-order valence-corrected chi connectivity index (χ0v) is 39.8. The maximum absolute atomic E-state index is 13.2. The molecule has 0 aliphatic rings. The number of amides is 1. The van der Waals surface area contributed by atoms with E-state index in [1.54, 1.807) is 0 Å². The Morgan fingerprint density at radius 2 is 0.885 bits per heavy atom. The molecule has 0 aromatic heterocycles. The molecule has 0 aliphatic heterocycles. The predicted molar refractivity (Wildman–Crippen MR) is 264 cm³/mol. The number of nitrogens with one attached hydrogen (secondary N) is 1. The Morgan fingerprint density at radius 1 is 0.492 bits per heavy atom. The number of carbonyl (C=O) groups excluding carboxylic acids is 2. The van der Waals surface area contributed by atoms with Crippen molar-refractivity contribution in [2.24, 2.45) is 0 Å². The van der Waals surface area contributed by atoms with Crippen molar-refractivity contribution >= 4 is 11.9 Å². The van der Waals surface area contributed by atoms with Gasteiger partial charge in [-0.3, -0.25) is 9.59 Å². The molecule has 0 saturated heterocycles. The quantitative estimate of drug-likeness (QED) is 0.0322. The molecule has 0 aromatic rings.